The van der Waals surface area contributed by atoms with Crippen LogP contribution in [-0.2, 0) is 23.6 Å². The van der Waals surface area contributed by atoms with Gasteiger partial charge < -0.3 is 4.90 Å². The van der Waals surface area contributed by atoms with E-state index in [-0.39, 0.29) is 12.5 Å². The minimum atomic E-state index is -5.10. The van der Waals surface area contributed by atoms with Gasteiger partial charge in [-0.15, -0.1) is 0 Å². The van der Waals surface area contributed by atoms with Crippen molar-refractivity contribution in [1.29, 1.82) is 0 Å². The molecule has 1 atom stereocenters. The van der Waals surface area contributed by atoms with Crippen molar-refractivity contribution in [2.45, 2.75) is 31.2 Å². The molecule has 11 heteroatoms. The van der Waals surface area contributed by atoms with E-state index >= 15 is 0 Å². The zero-order chi connectivity index (χ0) is 23.4. The van der Waals surface area contributed by atoms with Gasteiger partial charge >= 0.3 is 18.4 Å². The Balaban J connectivity index is 2.08. The molecule has 3 amide bonds. The SMILES string of the molecule is CN1C(=O)N(c2cc(C(F)(F)F)cc(C(F)(F)F)c2)C(=O)C1(C)Cc1ccc(Br)cc1. The highest BCUT2D eigenvalue weighted by molar-refractivity contribution is 9.10. The largest absolute Gasteiger partial charge is 0.416 e. The number of amides is 3. The summed E-state index contributed by atoms with van der Waals surface area (Å²) in [4.78, 5) is 27.3. The van der Waals surface area contributed by atoms with Crippen LogP contribution < -0.4 is 4.90 Å². The van der Waals surface area contributed by atoms with E-state index in [9.17, 15) is 35.9 Å². The first-order valence-corrected chi connectivity index (χ1v) is 9.60. The van der Waals surface area contributed by atoms with Crippen LogP contribution in [-0.4, -0.2) is 29.4 Å². The summed E-state index contributed by atoms with van der Waals surface area (Å²) in [5.74, 6) is -0.921. The van der Waals surface area contributed by atoms with Crippen LogP contribution in [0.25, 0.3) is 0 Å². The number of urea groups is 1. The third-order valence-corrected chi connectivity index (χ3v) is 5.70. The minimum absolute atomic E-state index is 0.0168. The van der Waals surface area contributed by atoms with E-state index in [1.54, 1.807) is 24.3 Å². The third kappa shape index (κ3) is 4.28. The predicted octanol–water partition coefficient (Wildman–Crippen LogP) is 5.89. The minimum Gasteiger partial charge on any atom is -0.312 e. The van der Waals surface area contributed by atoms with Crippen molar-refractivity contribution in [3.63, 3.8) is 0 Å². The van der Waals surface area contributed by atoms with Crippen molar-refractivity contribution in [2.24, 2.45) is 0 Å². The van der Waals surface area contributed by atoms with Crippen LogP contribution in [0.1, 0.15) is 23.6 Å². The van der Waals surface area contributed by atoms with E-state index < -0.39 is 46.6 Å². The second-order valence-corrected chi connectivity index (χ2v) is 8.24. The molecule has 0 aromatic heterocycles. The third-order valence-electron chi connectivity index (χ3n) is 5.17. The second kappa shape index (κ2) is 7.54. The van der Waals surface area contributed by atoms with Gasteiger partial charge in [0.05, 0.1) is 16.8 Å². The summed E-state index contributed by atoms with van der Waals surface area (Å²) in [5, 5.41) is 0. The summed E-state index contributed by atoms with van der Waals surface area (Å²) in [5.41, 5.74) is -4.86. The summed E-state index contributed by atoms with van der Waals surface area (Å²) in [6.07, 6.45) is -10.2. The van der Waals surface area contributed by atoms with E-state index in [0.29, 0.717) is 22.6 Å². The predicted molar refractivity (Wildman–Crippen MR) is 103 cm³/mol. The van der Waals surface area contributed by atoms with Crippen LogP contribution in [0, 0.1) is 0 Å². The Bertz CT molecular complexity index is 1000. The monoisotopic (exact) mass is 508 g/mol. The molecule has 3 rings (SSSR count). The molecule has 1 heterocycles. The zero-order valence-electron chi connectivity index (χ0n) is 16.1. The number of halogens is 7. The number of nitrogens with zero attached hydrogens (tertiary/aromatic N) is 2. The molecule has 0 aliphatic carbocycles. The number of carbonyl (C=O) groups is 2. The van der Waals surface area contributed by atoms with Gasteiger partial charge in [0.1, 0.15) is 5.54 Å². The Morgan fingerprint density at radius 3 is 1.84 bits per heavy atom. The fourth-order valence-corrected chi connectivity index (χ4v) is 3.59. The summed E-state index contributed by atoms with van der Waals surface area (Å²) >= 11 is 3.27. The normalized spacial score (nSPS) is 20.0. The molecule has 0 saturated carbocycles. The molecule has 1 aliphatic rings. The Kier molecular flexibility index (Phi) is 5.62. The zero-order valence-corrected chi connectivity index (χ0v) is 17.7. The second-order valence-electron chi connectivity index (χ2n) is 7.32. The van der Waals surface area contributed by atoms with Crippen molar-refractivity contribution >= 4 is 33.6 Å². The van der Waals surface area contributed by atoms with E-state index in [4.69, 9.17) is 0 Å². The molecule has 1 saturated heterocycles. The van der Waals surface area contributed by atoms with Gasteiger partial charge in [-0.05, 0) is 42.8 Å². The number of carbonyl (C=O) groups excluding carboxylic acids is 2. The fourth-order valence-electron chi connectivity index (χ4n) is 3.32. The molecule has 0 bridgehead atoms. The molecule has 4 nitrogen and oxygen atoms in total. The Morgan fingerprint density at radius 2 is 1.39 bits per heavy atom. The Morgan fingerprint density at radius 1 is 0.903 bits per heavy atom. The molecule has 2 aromatic carbocycles. The summed E-state index contributed by atoms with van der Waals surface area (Å²) < 4.78 is 79.9. The molecule has 0 N–H and O–H groups in total. The Labute approximate surface area is 181 Å². The lowest BCUT2D eigenvalue weighted by Crippen LogP contribution is -2.47. The number of likely N-dealkylation sites (N-methyl/N-ethyl adjacent to an activating group) is 1. The number of rotatable bonds is 3. The van der Waals surface area contributed by atoms with Crippen LogP contribution in [0.15, 0.2) is 46.9 Å². The molecular weight excluding hydrogens is 494 g/mol. The molecule has 0 radical (unpaired) electrons. The van der Waals surface area contributed by atoms with Crippen molar-refractivity contribution in [2.75, 3.05) is 11.9 Å². The van der Waals surface area contributed by atoms with Crippen LogP contribution >= 0.6 is 15.9 Å². The van der Waals surface area contributed by atoms with Gasteiger partial charge in [-0.1, -0.05) is 28.1 Å². The van der Waals surface area contributed by atoms with Gasteiger partial charge in [0, 0.05) is 17.9 Å². The molecular formula is C20H15BrF6N2O2. The van der Waals surface area contributed by atoms with Crippen molar-refractivity contribution < 1.29 is 35.9 Å². The van der Waals surface area contributed by atoms with Gasteiger partial charge in [0.2, 0.25) is 0 Å². The highest BCUT2D eigenvalue weighted by Crippen LogP contribution is 2.41. The maximum atomic E-state index is 13.2. The van der Waals surface area contributed by atoms with Gasteiger partial charge in [0.25, 0.3) is 5.91 Å². The number of hydrogen-bond acceptors (Lipinski definition) is 2. The lowest BCUT2D eigenvalue weighted by Gasteiger charge is -2.28. The van der Waals surface area contributed by atoms with Crippen LogP contribution in [0.3, 0.4) is 0 Å². The number of anilines is 1. The highest BCUT2D eigenvalue weighted by Gasteiger charge is 2.53. The lowest BCUT2D eigenvalue weighted by atomic mass is 9.91. The molecule has 31 heavy (non-hydrogen) atoms. The summed E-state index contributed by atoms with van der Waals surface area (Å²) in [7, 11) is 1.28. The van der Waals surface area contributed by atoms with E-state index in [0.717, 1.165) is 9.37 Å². The van der Waals surface area contributed by atoms with Gasteiger partial charge in [-0.3, -0.25) is 4.79 Å². The standard InChI is InChI=1S/C20H15BrF6N2O2/c1-18(10-11-3-5-14(21)6-4-11)16(30)29(17(31)28(18)2)15-8-12(19(22,23)24)7-13(9-15)20(25,26)27/h3-9H,10H2,1-2H3. The molecule has 166 valence electrons. The van der Waals surface area contributed by atoms with Crippen molar-refractivity contribution in [1.82, 2.24) is 4.90 Å². The van der Waals surface area contributed by atoms with E-state index in [1.165, 1.54) is 14.0 Å². The van der Waals surface area contributed by atoms with Gasteiger partial charge in [-0.25, -0.2) is 9.69 Å². The van der Waals surface area contributed by atoms with Crippen LogP contribution in [0.5, 0.6) is 0 Å². The number of imide groups is 1. The number of alkyl halides is 6. The van der Waals surface area contributed by atoms with Crippen molar-refractivity contribution in [3.8, 4) is 0 Å². The topological polar surface area (TPSA) is 40.6 Å². The first-order valence-electron chi connectivity index (χ1n) is 8.81. The summed E-state index contributed by atoms with van der Waals surface area (Å²) in [6, 6.07) is 6.45. The molecule has 2 aromatic rings. The molecule has 1 unspecified atom stereocenters. The maximum absolute atomic E-state index is 13.2. The van der Waals surface area contributed by atoms with E-state index in [2.05, 4.69) is 15.9 Å². The smallest absolute Gasteiger partial charge is 0.312 e. The quantitative estimate of drug-likeness (QED) is 0.383. The number of benzene rings is 2. The number of hydrogen-bond donors (Lipinski definition) is 0. The van der Waals surface area contributed by atoms with Gasteiger partial charge in [-0.2, -0.15) is 26.3 Å². The van der Waals surface area contributed by atoms with Crippen LogP contribution in [0.4, 0.5) is 36.8 Å². The lowest BCUT2D eigenvalue weighted by molar-refractivity contribution is -0.143. The molecule has 0 spiro atoms. The first-order chi connectivity index (χ1) is 14.1. The Hall–Kier alpha value is -2.56. The maximum Gasteiger partial charge on any atom is 0.416 e. The summed E-state index contributed by atoms with van der Waals surface area (Å²) in [6.45, 7) is 1.41. The highest BCUT2D eigenvalue weighted by atomic mass is 79.9. The molecule has 1 aliphatic heterocycles. The fraction of sp³-hybridized carbons (Fsp3) is 0.300. The van der Waals surface area contributed by atoms with E-state index in [1.807, 2.05) is 0 Å². The molecule has 1 fully saturated rings. The average Bonchev–Trinajstić information content (AvgIpc) is 2.82. The van der Waals surface area contributed by atoms with Gasteiger partial charge in [0.15, 0.2) is 0 Å². The first kappa shape index (κ1) is 23.1. The van der Waals surface area contributed by atoms with Crippen molar-refractivity contribution in [3.05, 3.63) is 63.6 Å². The average molecular weight is 509 g/mol. The van der Waals surface area contributed by atoms with Crippen LogP contribution in [0.2, 0.25) is 0 Å².